The zero-order valence-corrected chi connectivity index (χ0v) is 8.40. The average Bonchev–Trinajstić information content (AvgIpc) is 2.48. The number of hydrogen-bond donors (Lipinski definition) is 2. The molecular formula is C10H17NO3. The third kappa shape index (κ3) is 1.64. The summed E-state index contributed by atoms with van der Waals surface area (Å²) in [6, 6.07) is 0.531. The number of aliphatic hydroxyl groups is 1. The first kappa shape index (κ1) is 9.93. The van der Waals surface area contributed by atoms with Gasteiger partial charge in [0.2, 0.25) is 0 Å². The highest BCUT2D eigenvalue weighted by Gasteiger charge is 2.45. The number of fused-ring (bicyclic) bond motifs is 2. The Kier molecular flexibility index (Phi) is 2.74. The molecule has 0 aliphatic carbocycles. The lowest BCUT2D eigenvalue weighted by atomic mass is 9.89. The van der Waals surface area contributed by atoms with Crippen LogP contribution in [-0.2, 0) is 9.53 Å². The number of rotatable bonds is 2. The molecule has 2 saturated heterocycles. The summed E-state index contributed by atoms with van der Waals surface area (Å²) in [5, 5.41) is 13.2. The molecule has 2 fully saturated rings. The Morgan fingerprint density at radius 2 is 2.36 bits per heavy atom. The van der Waals surface area contributed by atoms with Gasteiger partial charge in [-0.05, 0) is 26.2 Å². The molecule has 0 aromatic carbocycles. The molecule has 2 aliphatic rings. The predicted octanol–water partition coefficient (Wildman–Crippen LogP) is 0.0509. The Morgan fingerprint density at radius 3 is 3.07 bits per heavy atom. The van der Waals surface area contributed by atoms with Crippen molar-refractivity contribution >= 4 is 5.97 Å². The lowest BCUT2D eigenvalue weighted by Crippen LogP contribution is -2.51. The molecule has 0 spiro atoms. The van der Waals surface area contributed by atoms with Crippen LogP contribution in [0.15, 0.2) is 0 Å². The van der Waals surface area contributed by atoms with E-state index in [0.29, 0.717) is 19.1 Å². The van der Waals surface area contributed by atoms with Crippen LogP contribution in [0.1, 0.15) is 26.2 Å². The molecule has 4 unspecified atom stereocenters. The van der Waals surface area contributed by atoms with E-state index in [4.69, 9.17) is 4.74 Å². The molecule has 0 saturated carbocycles. The van der Waals surface area contributed by atoms with Crippen LogP contribution in [0.5, 0.6) is 0 Å². The van der Waals surface area contributed by atoms with E-state index in [9.17, 15) is 9.90 Å². The Bertz CT molecular complexity index is 231. The second-order valence-corrected chi connectivity index (χ2v) is 4.13. The van der Waals surface area contributed by atoms with E-state index >= 15 is 0 Å². The molecule has 2 bridgehead atoms. The van der Waals surface area contributed by atoms with Gasteiger partial charge in [0.05, 0.1) is 18.6 Å². The van der Waals surface area contributed by atoms with Gasteiger partial charge in [0.15, 0.2) is 0 Å². The smallest absolute Gasteiger partial charge is 0.313 e. The number of hydrogen-bond acceptors (Lipinski definition) is 4. The first-order chi connectivity index (χ1) is 6.72. The van der Waals surface area contributed by atoms with Crippen LogP contribution in [-0.4, -0.2) is 35.9 Å². The SMILES string of the molecule is CCOC(=O)C1C(O)CC2CCC1N2. The van der Waals surface area contributed by atoms with Crippen LogP contribution >= 0.6 is 0 Å². The second-order valence-electron chi connectivity index (χ2n) is 4.13. The van der Waals surface area contributed by atoms with Gasteiger partial charge in [0.25, 0.3) is 0 Å². The first-order valence-corrected chi connectivity index (χ1v) is 5.33. The third-order valence-corrected chi connectivity index (χ3v) is 3.21. The maximum Gasteiger partial charge on any atom is 0.313 e. The van der Waals surface area contributed by atoms with Gasteiger partial charge in [-0.3, -0.25) is 4.79 Å². The third-order valence-electron chi connectivity index (χ3n) is 3.21. The van der Waals surface area contributed by atoms with Crippen LogP contribution < -0.4 is 5.32 Å². The Morgan fingerprint density at radius 1 is 1.57 bits per heavy atom. The minimum atomic E-state index is -0.521. The number of piperidine rings is 1. The normalized spacial score (nSPS) is 41.0. The highest BCUT2D eigenvalue weighted by molar-refractivity contribution is 5.74. The molecule has 4 atom stereocenters. The minimum absolute atomic E-state index is 0.128. The average molecular weight is 199 g/mol. The van der Waals surface area contributed by atoms with Crippen molar-refractivity contribution in [2.75, 3.05) is 6.61 Å². The van der Waals surface area contributed by atoms with Crippen molar-refractivity contribution in [3.63, 3.8) is 0 Å². The van der Waals surface area contributed by atoms with Gasteiger partial charge in [-0.25, -0.2) is 0 Å². The van der Waals surface area contributed by atoms with Crippen molar-refractivity contribution < 1.29 is 14.6 Å². The van der Waals surface area contributed by atoms with Crippen molar-refractivity contribution in [3.05, 3.63) is 0 Å². The number of carbonyl (C=O) groups excluding carboxylic acids is 1. The highest BCUT2D eigenvalue weighted by atomic mass is 16.5. The van der Waals surface area contributed by atoms with Crippen LogP contribution in [0, 0.1) is 5.92 Å². The van der Waals surface area contributed by atoms with Crippen molar-refractivity contribution in [1.82, 2.24) is 5.32 Å². The minimum Gasteiger partial charge on any atom is -0.466 e. The van der Waals surface area contributed by atoms with E-state index in [0.717, 1.165) is 12.8 Å². The molecule has 2 N–H and O–H groups in total. The summed E-state index contributed by atoms with van der Waals surface area (Å²) >= 11 is 0. The summed E-state index contributed by atoms with van der Waals surface area (Å²) in [5.41, 5.74) is 0. The standard InChI is InChI=1S/C10H17NO3/c1-2-14-10(13)9-7-4-3-6(11-7)5-8(9)12/h6-9,11-12H,2-5H2,1H3. The number of nitrogens with one attached hydrogen (secondary N) is 1. The van der Waals surface area contributed by atoms with Crippen molar-refractivity contribution in [3.8, 4) is 0 Å². The molecule has 4 heteroatoms. The molecule has 0 amide bonds. The summed E-state index contributed by atoms with van der Waals surface area (Å²) in [7, 11) is 0. The summed E-state index contributed by atoms with van der Waals surface area (Å²) in [6.07, 6.45) is 2.20. The molecule has 2 aliphatic heterocycles. The summed E-state index contributed by atoms with van der Waals surface area (Å²) < 4.78 is 4.96. The van der Waals surface area contributed by atoms with Gasteiger partial charge in [-0.15, -0.1) is 0 Å². The second kappa shape index (κ2) is 3.87. The van der Waals surface area contributed by atoms with Crippen LogP contribution in [0.3, 0.4) is 0 Å². The van der Waals surface area contributed by atoms with E-state index in [1.54, 1.807) is 6.92 Å². The van der Waals surface area contributed by atoms with E-state index in [1.165, 1.54) is 0 Å². The zero-order valence-electron chi connectivity index (χ0n) is 8.40. The topological polar surface area (TPSA) is 58.6 Å². The van der Waals surface area contributed by atoms with E-state index in [1.807, 2.05) is 0 Å². The number of esters is 1. The molecule has 0 aromatic heterocycles. The molecular weight excluding hydrogens is 182 g/mol. The number of carbonyl (C=O) groups is 1. The summed E-state index contributed by atoms with van der Waals surface area (Å²) in [5.74, 6) is -0.605. The van der Waals surface area contributed by atoms with Crippen LogP contribution in [0.25, 0.3) is 0 Å². The molecule has 0 aromatic rings. The highest BCUT2D eigenvalue weighted by Crippen LogP contribution is 2.32. The predicted molar refractivity (Wildman–Crippen MR) is 50.7 cm³/mol. The van der Waals surface area contributed by atoms with Crippen LogP contribution in [0.4, 0.5) is 0 Å². The van der Waals surface area contributed by atoms with Gasteiger partial charge in [-0.1, -0.05) is 0 Å². The lowest BCUT2D eigenvalue weighted by Gasteiger charge is -2.32. The zero-order chi connectivity index (χ0) is 10.1. The van der Waals surface area contributed by atoms with E-state index in [-0.39, 0.29) is 17.9 Å². The van der Waals surface area contributed by atoms with Crippen molar-refractivity contribution in [2.45, 2.75) is 44.4 Å². The monoisotopic (exact) mass is 199 g/mol. The van der Waals surface area contributed by atoms with Gasteiger partial charge in [0, 0.05) is 12.1 Å². The van der Waals surface area contributed by atoms with Gasteiger partial charge >= 0.3 is 5.97 Å². The maximum absolute atomic E-state index is 11.6. The largest absolute Gasteiger partial charge is 0.466 e. The Labute approximate surface area is 83.6 Å². The van der Waals surface area contributed by atoms with Gasteiger partial charge in [-0.2, -0.15) is 0 Å². The molecule has 2 heterocycles. The summed E-state index contributed by atoms with van der Waals surface area (Å²) in [6.45, 7) is 2.18. The molecule has 0 radical (unpaired) electrons. The van der Waals surface area contributed by atoms with Gasteiger partial charge in [0.1, 0.15) is 0 Å². The fourth-order valence-electron chi connectivity index (χ4n) is 2.59. The van der Waals surface area contributed by atoms with Gasteiger partial charge < -0.3 is 15.2 Å². The molecule has 14 heavy (non-hydrogen) atoms. The number of ether oxygens (including phenoxy) is 1. The maximum atomic E-state index is 11.6. The summed E-state index contributed by atoms with van der Waals surface area (Å²) in [4.78, 5) is 11.6. The quantitative estimate of drug-likeness (QED) is 0.617. The lowest BCUT2D eigenvalue weighted by molar-refractivity contribution is -0.154. The fraction of sp³-hybridized carbons (Fsp3) is 0.900. The van der Waals surface area contributed by atoms with Crippen LogP contribution in [0.2, 0.25) is 0 Å². The molecule has 4 nitrogen and oxygen atoms in total. The molecule has 80 valence electrons. The van der Waals surface area contributed by atoms with Crippen molar-refractivity contribution in [1.29, 1.82) is 0 Å². The fourth-order valence-corrected chi connectivity index (χ4v) is 2.59. The van der Waals surface area contributed by atoms with E-state index in [2.05, 4.69) is 5.32 Å². The Balaban J connectivity index is 2.05. The molecule has 2 rings (SSSR count). The Hall–Kier alpha value is -0.610. The van der Waals surface area contributed by atoms with E-state index < -0.39 is 6.10 Å². The first-order valence-electron chi connectivity index (χ1n) is 5.33. The number of aliphatic hydroxyl groups excluding tert-OH is 1. The van der Waals surface area contributed by atoms with Crippen molar-refractivity contribution in [2.24, 2.45) is 5.92 Å².